The van der Waals surface area contributed by atoms with Gasteiger partial charge in [-0.1, -0.05) is 12.8 Å². The predicted octanol–water partition coefficient (Wildman–Crippen LogP) is 1.02. The van der Waals surface area contributed by atoms with E-state index < -0.39 is 5.41 Å². The number of amides is 2. The van der Waals surface area contributed by atoms with Gasteiger partial charge in [0.2, 0.25) is 5.91 Å². The summed E-state index contributed by atoms with van der Waals surface area (Å²) in [6, 6.07) is 0. The van der Waals surface area contributed by atoms with Crippen LogP contribution in [0.5, 0.6) is 0 Å². The average molecular weight is 324 g/mol. The highest BCUT2D eigenvalue weighted by molar-refractivity contribution is 7.09. The molecule has 0 spiro atoms. The van der Waals surface area contributed by atoms with Gasteiger partial charge >= 0.3 is 0 Å². The molecule has 1 aliphatic carbocycles. The Kier molecular flexibility index (Phi) is 5.52. The number of carbonyl (C=O) groups excluding carboxylic acids is 2. The molecule has 1 aromatic rings. The lowest BCUT2D eigenvalue weighted by Gasteiger charge is -2.30. The van der Waals surface area contributed by atoms with Crippen molar-refractivity contribution in [3.8, 4) is 0 Å². The number of hydrogen-bond acceptors (Lipinski definition) is 5. The summed E-state index contributed by atoms with van der Waals surface area (Å²) in [6.45, 7) is 0.904. The summed E-state index contributed by atoms with van der Waals surface area (Å²) >= 11 is 1.44. The van der Waals surface area contributed by atoms with Gasteiger partial charge in [0, 0.05) is 32.4 Å². The number of nitrogens with zero attached hydrogens (tertiary/aromatic N) is 2. The Labute approximate surface area is 135 Å². The second-order valence-electron chi connectivity index (χ2n) is 6.03. The number of thiazole rings is 1. The second kappa shape index (κ2) is 7.19. The van der Waals surface area contributed by atoms with E-state index in [0.717, 1.165) is 30.7 Å². The number of aromatic nitrogens is 1. The van der Waals surface area contributed by atoms with Crippen LogP contribution in [0.2, 0.25) is 0 Å². The number of hydrogen-bond donors (Lipinski definition) is 2. The number of nitrogens with one attached hydrogen (secondary N) is 1. The Morgan fingerprint density at radius 2 is 2.09 bits per heavy atom. The fraction of sp³-hybridized carbons (Fsp3) is 0.667. The zero-order valence-corrected chi connectivity index (χ0v) is 14.0. The first-order valence-corrected chi connectivity index (χ1v) is 8.51. The summed E-state index contributed by atoms with van der Waals surface area (Å²) in [5.74, 6) is -0.107. The molecule has 2 rings (SSSR count). The summed E-state index contributed by atoms with van der Waals surface area (Å²) in [5.41, 5.74) is 5.46. The third kappa shape index (κ3) is 3.64. The number of rotatable bonds is 6. The molecule has 0 aromatic carbocycles. The van der Waals surface area contributed by atoms with Gasteiger partial charge in [0.1, 0.15) is 5.69 Å². The zero-order valence-electron chi connectivity index (χ0n) is 13.2. The van der Waals surface area contributed by atoms with Gasteiger partial charge in [-0.15, -0.1) is 11.3 Å². The highest BCUT2D eigenvalue weighted by Crippen LogP contribution is 2.38. The third-order valence-corrected chi connectivity index (χ3v) is 5.06. The van der Waals surface area contributed by atoms with Gasteiger partial charge in [-0.05, 0) is 19.4 Å². The molecular formula is C15H24N4O2S. The molecule has 7 heteroatoms. The van der Waals surface area contributed by atoms with E-state index in [2.05, 4.69) is 10.3 Å². The van der Waals surface area contributed by atoms with Crippen LogP contribution < -0.4 is 11.1 Å². The summed E-state index contributed by atoms with van der Waals surface area (Å²) < 4.78 is 0. The SMILES string of the molecule is CN(C)C(=O)C1(CNC(=O)c2csc(CCN)n2)CCCC1. The monoisotopic (exact) mass is 324 g/mol. The first-order valence-electron chi connectivity index (χ1n) is 7.63. The Morgan fingerprint density at radius 3 is 2.68 bits per heavy atom. The van der Waals surface area contributed by atoms with Crippen LogP contribution in [-0.4, -0.2) is 48.9 Å². The van der Waals surface area contributed by atoms with Crippen LogP contribution in [0.3, 0.4) is 0 Å². The zero-order chi connectivity index (χ0) is 16.2. The summed E-state index contributed by atoms with van der Waals surface area (Å²) in [7, 11) is 3.54. The van der Waals surface area contributed by atoms with Crippen LogP contribution in [0.1, 0.15) is 41.2 Å². The van der Waals surface area contributed by atoms with Crippen LogP contribution in [-0.2, 0) is 11.2 Å². The molecule has 0 radical (unpaired) electrons. The van der Waals surface area contributed by atoms with Crippen molar-refractivity contribution in [3.05, 3.63) is 16.1 Å². The van der Waals surface area contributed by atoms with Crippen molar-refractivity contribution in [2.45, 2.75) is 32.1 Å². The van der Waals surface area contributed by atoms with Gasteiger partial charge < -0.3 is 16.0 Å². The fourth-order valence-electron chi connectivity index (χ4n) is 2.99. The van der Waals surface area contributed by atoms with Gasteiger partial charge in [0.05, 0.1) is 10.4 Å². The van der Waals surface area contributed by atoms with Crippen molar-refractivity contribution in [3.63, 3.8) is 0 Å². The molecule has 1 saturated carbocycles. The molecule has 0 aliphatic heterocycles. The molecule has 0 unspecified atom stereocenters. The van der Waals surface area contributed by atoms with Crippen LogP contribution in [0.4, 0.5) is 0 Å². The largest absolute Gasteiger partial charge is 0.350 e. The van der Waals surface area contributed by atoms with E-state index in [1.807, 2.05) is 0 Å². The minimum atomic E-state index is -0.449. The highest BCUT2D eigenvalue weighted by Gasteiger charge is 2.42. The smallest absolute Gasteiger partial charge is 0.270 e. The van der Waals surface area contributed by atoms with Crippen LogP contribution in [0.15, 0.2) is 5.38 Å². The molecule has 0 saturated heterocycles. The van der Waals surface area contributed by atoms with Gasteiger partial charge in [0.25, 0.3) is 5.91 Å². The molecule has 0 bridgehead atoms. The van der Waals surface area contributed by atoms with E-state index in [4.69, 9.17) is 5.73 Å². The second-order valence-corrected chi connectivity index (χ2v) is 6.98. The predicted molar refractivity (Wildman–Crippen MR) is 86.8 cm³/mol. The maximum Gasteiger partial charge on any atom is 0.270 e. The fourth-order valence-corrected chi connectivity index (χ4v) is 3.78. The van der Waals surface area contributed by atoms with E-state index in [-0.39, 0.29) is 11.8 Å². The molecule has 122 valence electrons. The first kappa shape index (κ1) is 16.9. The number of carbonyl (C=O) groups is 2. The minimum Gasteiger partial charge on any atom is -0.350 e. The van der Waals surface area contributed by atoms with Crippen molar-refractivity contribution in [1.82, 2.24) is 15.2 Å². The standard InChI is InChI=1S/C15H24N4O2S/c1-19(2)14(21)15(6-3-4-7-15)10-17-13(20)11-9-22-12(18-11)5-8-16/h9H,3-8,10,16H2,1-2H3,(H,17,20). The molecular weight excluding hydrogens is 300 g/mol. The van der Waals surface area contributed by atoms with Gasteiger partial charge in [-0.2, -0.15) is 0 Å². The van der Waals surface area contributed by atoms with Crippen molar-refractivity contribution >= 4 is 23.2 Å². The van der Waals surface area contributed by atoms with Crippen molar-refractivity contribution < 1.29 is 9.59 Å². The minimum absolute atomic E-state index is 0.104. The Balaban J connectivity index is 2.00. The lowest BCUT2D eigenvalue weighted by molar-refractivity contribution is -0.138. The first-order chi connectivity index (χ1) is 10.5. The lowest BCUT2D eigenvalue weighted by Crippen LogP contribution is -2.46. The van der Waals surface area contributed by atoms with Crippen molar-refractivity contribution in [1.29, 1.82) is 0 Å². The molecule has 0 atom stereocenters. The Bertz CT molecular complexity index is 535. The maximum atomic E-state index is 12.5. The van der Waals surface area contributed by atoms with E-state index in [1.54, 1.807) is 24.4 Å². The maximum absolute atomic E-state index is 12.5. The third-order valence-electron chi connectivity index (χ3n) is 4.15. The molecule has 6 nitrogen and oxygen atoms in total. The summed E-state index contributed by atoms with van der Waals surface area (Å²) in [6.07, 6.45) is 4.42. The van der Waals surface area contributed by atoms with Gasteiger partial charge in [0.15, 0.2) is 0 Å². The van der Waals surface area contributed by atoms with Crippen LogP contribution in [0, 0.1) is 5.41 Å². The van der Waals surface area contributed by atoms with Gasteiger partial charge in [-0.3, -0.25) is 9.59 Å². The molecule has 3 N–H and O–H groups in total. The van der Waals surface area contributed by atoms with E-state index in [0.29, 0.717) is 25.2 Å². The molecule has 1 aliphatic rings. The van der Waals surface area contributed by atoms with E-state index in [9.17, 15) is 9.59 Å². The lowest BCUT2D eigenvalue weighted by atomic mass is 9.84. The topological polar surface area (TPSA) is 88.3 Å². The molecule has 1 heterocycles. The summed E-state index contributed by atoms with van der Waals surface area (Å²) in [5, 5.41) is 5.51. The molecule has 22 heavy (non-hydrogen) atoms. The Morgan fingerprint density at radius 1 is 1.41 bits per heavy atom. The Hall–Kier alpha value is -1.47. The van der Waals surface area contributed by atoms with Crippen molar-refractivity contribution in [2.75, 3.05) is 27.2 Å². The van der Waals surface area contributed by atoms with E-state index in [1.165, 1.54) is 11.3 Å². The molecule has 1 aromatic heterocycles. The average Bonchev–Trinajstić information content (AvgIpc) is 3.14. The summed E-state index contributed by atoms with van der Waals surface area (Å²) in [4.78, 5) is 30.6. The highest BCUT2D eigenvalue weighted by atomic mass is 32.1. The molecule has 1 fully saturated rings. The normalized spacial score (nSPS) is 16.5. The van der Waals surface area contributed by atoms with Crippen LogP contribution in [0.25, 0.3) is 0 Å². The molecule has 2 amide bonds. The van der Waals surface area contributed by atoms with Crippen molar-refractivity contribution in [2.24, 2.45) is 11.1 Å². The van der Waals surface area contributed by atoms with Crippen LogP contribution >= 0.6 is 11.3 Å². The number of nitrogens with two attached hydrogens (primary N) is 1. The quantitative estimate of drug-likeness (QED) is 0.818. The van der Waals surface area contributed by atoms with E-state index >= 15 is 0 Å². The van der Waals surface area contributed by atoms with Gasteiger partial charge in [-0.25, -0.2) is 4.98 Å².